The van der Waals surface area contributed by atoms with E-state index in [-0.39, 0.29) is 5.60 Å². The first-order chi connectivity index (χ1) is 9.12. The van der Waals surface area contributed by atoms with E-state index in [0.29, 0.717) is 12.6 Å². The van der Waals surface area contributed by atoms with Crippen LogP contribution in [-0.2, 0) is 0 Å². The molecule has 1 aliphatic heterocycles. The Bertz CT molecular complexity index is 403. The smallest absolute Gasteiger partial charge is 0.124 e. The van der Waals surface area contributed by atoms with Crippen LogP contribution in [0.2, 0.25) is 0 Å². The molecule has 0 saturated carbocycles. The molecular formula is C16H25NO2. The predicted octanol–water partition coefficient (Wildman–Crippen LogP) is 3.04. The Labute approximate surface area is 116 Å². The van der Waals surface area contributed by atoms with Crippen LogP contribution in [0, 0.1) is 0 Å². The Morgan fingerprint density at radius 2 is 2.05 bits per heavy atom. The molecule has 106 valence electrons. The van der Waals surface area contributed by atoms with Crippen molar-refractivity contribution in [2.24, 2.45) is 0 Å². The maximum Gasteiger partial charge on any atom is 0.124 e. The van der Waals surface area contributed by atoms with E-state index in [9.17, 15) is 0 Å². The minimum absolute atomic E-state index is 0.114. The number of nitrogens with one attached hydrogen (secondary N) is 1. The maximum absolute atomic E-state index is 8.78. The lowest BCUT2D eigenvalue weighted by molar-refractivity contribution is 0.0660. The summed E-state index contributed by atoms with van der Waals surface area (Å²) >= 11 is 0. The standard InChI is InChI=1S/C16H25NO2/c1-16(2)12-14(17-10-6-3-7-11-18)13-8-4-5-9-15(13)19-16/h4-5,8-9,14,17-18H,3,6-7,10-12H2,1-2H3. The summed E-state index contributed by atoms with van der Waals surface area (Å²) in [5, 5.41) is 12.4. The predicted molar refractivity (Wildman–Crippen MR) is 77.4 cm³/mol. The van der Waals surface area contributed by atoms with E-state index in [1.165, 1.54) is 5.56 Å². The first-order valence-corrected chi connectivity index (χ1v) is 7.24. The van der Waals surface area contributed by atoms with Crippen LogP contribution in [-0.4, -0.2) is 23.9 Å². The van der Waals surface area contributed by atoms with Crippen molar-refractivity contribution < 1.29 is 9.84 Å². The van der Waals surface area contributed by atoms with E-state index in [1.54, 1.807) is 0 Å². The van der Waals surface area contributed by atoms with Crippen LogP contribution in [0.1, 0.15) is 51.1 Å². The zero-order valence-corrected chi connectivity index (χ0v) is 12.0. The number of hydrogen-bond acceptors (Lipinski definition) is 3. The second-order valence-corrected chi connectivity index (χ2v) is 5.89. The highest BCUT2D eigenvalue weighted by Gasteiger charge is 2.32. The summed E-state index contributed by atoms with van der Waals surface area (Å²) in [5.74, 6) is 1.01. The van der Waals surface area contributed by atoms with Gasteiger partial charge in [0.2, 0.25) is 0 Å². The quantitative estimate of drug-likeness (QED) is 0.775. The second-order valence-electron chi connectivity index (χ2n) is 5.89. The Kier molecular flexibility index (Phi) is 4.83. The molecule has 3 heteroatoms. The number of benzene rings is 1. The van der Waals surface area contributed by atoms with Crippen LogP contribution in [0.25, 0.3) is 0 Å². The van der Waals surface area contributed by atoms with Crippen molar-refractivity contribution in [3.8, 4) is 5.75 Å². The van der Waals surface area contributed by atoms with Gasteiger partial charge in [-0.25, -0.2) is 0 Å². The molecule has 1 aromatic carbocycles. The molecule has 0 amide bonds. The summed E-state index contributed by atoms with van der Waals surface area (Å²) in [6, 6.07) is 8.67. The van der Waals surface area contributed by atoms with Gasteiger partial charge in [-0.15, -0.1) is 0 Å². The van der Waals surface area contributed by atoms with Gasteiger partial charge >= 0.3 is 0 Å². The molecule has 3 nitrogen and oxygen atoms in total. The zero-order chi connectivity index (χ0) is 13.7. The number of para-hydroxylation sites is 1. The summed E-state index contributed by atoms with van der Waals surface area (Å²) in [7, 11) is 0. The molecule has 2 N–H and O–H groups in total. The lowest BCUT2D eigenvalue weighted by Crippen LogP contribution is -2.39. The highest BCUT2D eigenvalue weighted by molar-refractivity contribution is 5.38. The van der Waals surface area contributed by atoms with Gasteiger partial charge in [0.25, 0.3) is 0 Å². The number of hydrogen-bond donors (Lipinski definition) is 2. The minimum Gasteiger partial charge on any atom is -0.487 e. The van der Waals surface area contributed by atoms with Gasteiger partial charge in [0.1, 0.15) is 11.4 Å². The van der Waals surface area contributed by atoms with Gasteiger partial charge in [-0.05, 0) is 45.7 Å². The van der Waals surface area contributed by atoms with Gasteiger partial charge in [-0.3, -0.25) is 0 Å². The zero-order valence-electron chi connectivity index (χ0n) is 12.0. The maximum atomic E-state index is 8.78. The van der Waals surface area contributed by atoms with Crippen molar-refractivity contribution in [2.75, 3.05) is 13.2 Å². The largest absolute Gasteiger partial charge is 0.487 e. The number of ether oxygens (including phenoxy) is 1. The van der Waals surface area contributed by atoms with Gasteiger partial charge in [0.15, 0.2) is 0 Å². The molecule has 1 heterocycles. The molecule has 0 bridgehead atoms. The Hall–Kier alpha value is -1.06. The SMILES string of the molecule is CC1(C)CC(NCCCCCO)c2ccccc2O1. The molecule has 1 atom stereocenters. The van der Waals surface area contributed by atoms with Gasteiger partial charge in [-0.1, -0.05) is 18.2 Å². The van der Waals surface area contributed by atoms with E-state index in [2.05, 4.69) is 37.4 Å². The van der Waals surface area contributed by atoms with E-state index >= 15 is 0 Å². The van der Waals surface area contributed by atoms with E-state index in [1.807, 2.05) is 6.07 Å². The highest BCUT2D eigenvalue weighted by atomic mass is 16.5. The fraction of sp³-hybridized carbons (Fsp3) is 0.625. The summed E-state index contributed by atoms with van der Waals surface area (Å²) in [6.07, 6.45) is 4.08. The van der Waals surface area contributed by atoms with Crippen LogP contribution in [0.5, 0.6) is 5.75 Å². The summed E-state index contributed by atoms with van der Waals surface area (Å²) in [5.41, 5.74) is 1.15. The second kappa shape index (κ2) is 6.40. The van der Waals surface area contributed by atoms with Gasteiger partial charge in [0, 0.05) is 24.6 Å². The van der Waals surface area contributed by atoms with E-state index in [4.69, 9.17) is 9.84 Å². The van der Waals surface area contributed by atoms with Gasteiger partial charge in [-0.2, -0.15) is 0 Å². The third-order valence-electron chi connectivity index (χ3n) is 3.60. The topological polar surface area (TPSA) is 41.5 Å². The molecule has 0 saturated heterocycles. The number of aliphatic hydroxyl groups excluding tert-OH is 1. The van der Waals surface area contributed by atoms with Crippen LogP contribution in [0.15, 0.2) is 24.3 Å². The number of fused-ring (bicyclic) bond motifs is 1. The molecule has 0 aliphatic carbocycles. The average Bonchev–Trinajstić information content (AvgIpc) is 2.37. The molecule has 1 aliphatic rings. The molecule has 0 aromatic heterocycles. The van der Waals surface area contributed by atoms with Crippen molar-refractivity contribution in [2.45, 2.75) is 51.2 Å². The monoisotopic (exact) mass is 263 g/mol. The van der Waals surface area contributed by atoms with Crippen molar-refractivity contribution in [3.05, 3.63) is 29.8 Å². The molecule has 0 spiro atoms. The Morgan fingerprint density at radius 1 is 1.26 bits per heavy atom. The van der Waals surface area contributed by atoms with E-state index < -0.39 is 0 Å². The van der Waals surface area contributed by atoms with Crippen LogP contribution in [0.4, 0.5) is 0 Å². The highest BCUT2D eigenvalue weighted by Crippen LogP contribution is 2.39. The molecule has 2 rings (SSSR count). The summed E-state index contributed by atoms with van der Waals surface area (Å²) in [4.78, 5) is 0. The van der Waals surface area contributed by atoms with Crippen LogP contribution >= 0.6 is 0 Å². The third-order valence-corrected chi connectivity index (χ3v) is 3.60. The first kappa shape index (κ1) is 14.4. The van der Waals surface area contributed by atoms with Crippen LogP contribution in [0.3, 0.4) is 0 Å². The normalized spacial score (nSPS) is 20.7. The lowest BCUT2D eigenvalue weighted by atomic mass is 9.89. The lowest BCUT2D eigenvalue weighted by Gasteiger charge is -2.38. The Morgan fingerprint density at radius 3 is 2.84 bits per heavy atom. The Balaban J connectivity index is 1.96. The number of aliphatic hydroxyl groups is 1. The van der Waals surface area contributed by atoms with Crippen LogP contribution < -0.4 is 10.1 Å². The van der Waals surface area contributed by atoms with Crippen molar-refractivity contribution in [3.63, 3.8) is 0 Å². The minimum atomic E-state index is -0.114. The molecule has 0 radical (unpaired) electrons. The molecule has 1 unspecified atom stereocenters. The van der Waals surface area contributed by atoms with E-state index in [0.717, 1.165) is 38.0 Å². The van der Waals surface area contributed by atoms with Crippen molar-refractivity contribution in [1.29, 1.82) is 0 Å². The van der Waals surface area contributed by atoms with Crippen molar-refractivity contribution in [1.82, 2.24) is 5.32 Å². The summed E-state index contributed by atoms with van der Waals surface area (Å²) < 4.78 is 6.02. The number of unbranched alkanes of at least 4 members (excludes halogenated alkanes) is 2. The molecule has 0 fully saturated rings. The van der Waals surface area contributed by atoms with Crippen molar-refractivity contribution >= 4 is 0 Å². The number of rotatable bonds is 6. The molecule has 1 aromatic rings. The van der Waals surface area contributed by atoms with Gasteiger partial charge < -0.3 is 15.2 Å². The molecular weight excluding hydrogens is 238 g/mol. The van der Waals surface area contributed by atoms with Gasteiger partial charge in [0.05, 0.1) is 0 Å². The first-order valence-electron chi connectivity index (χ1n) is 7.24. The average molecular weight is 263 g/mol. The third kappa shape index (κ3) is 3.95. The fourth-order valence-corrected chi connectivity index (χ4v) is 2.67. The summed E-state index contributed by atoms with van der Waals surface area (Å²) in [6.45, 7) is 5.58. The fourth-order valence-electron chi connectivity index (χ4n) is 2.67. The molecule has 19 heavy (non-hydrogen) atoms.